The highest BCUT2D eigenvalue weighted by Gasteiger charge is 2.67. The first-order chi connectivity index (χ1) is 14.3. The molecule has 2 heterocycles. The van der Waals surface area contributed by atoms with E-state index in [0.717, 1.165) is 50.0 Å². The summed E-state index contributed by atoms with van der Waals surface area (Å²) in [5, 5.41) is 4.09. The number of rotatable bonds is 3. The Balaban J connectivity index is 1.50. The van der Waals surface area contributed by atoms with Gasteiger partial charge in [0.2, 0.25) is 0 Å². The van der Waals surface area contributed by atoms with Crippen LogP contribution in [0.5, 0.6) is 0 Å². The largest absolute Gasteiger partial charge is 0.301 e. The van der Waals surface area contributed by atoms with Gasteiger partial charge in [-0.2, -0.15) is 0 Å². The number of halogens is 1. The maximum Gasteiger partial charge on any atom is 0.126 e. The summed E-state index contributed by atoms with van der Waals surface area (Å²) in [6.07, 6.45) is 9.29. The molecule has 2 aliphatic heterocycles. The van der Waals surface area contributed by atoms with E-state index in [1.807, 2.05) is 12.1 Å². The summed E-state index contributed by atoms with van der Waals surface area (Å²) in [7, 11) is 0. The third-order valence-electron chi connectivity index (χ3n) is 8.80. The molecule has 1 aromatic rings. The van der Waals surface area contributed by atoms with E-state index in [1.165, 1.54) is 51.6 Å². The van der Waals surface area contributed by atoms with Crippen molar-refractivity contribution in [1.82, 2.24) is 15.1 Å². The first-order valence-electron chi connectivity index (χ1n) is 12.2. The molecule has 0 amide bonds. The molecule has 5 unspecified atom stereocenters. The maximum absolute atomic E-state index is 14.9. The second-order valence-corrected chi connectivity index (χ2v) is 9.88. The lowest BCUT2D eigenvalue weighted by Crippen LogP contribution is -2.81. The molecule has 0 aromatic heterocycles. The number of hydrogen-bond acceptors (Lipinski definition) is 3. The number of piperidine rings is 1. The topological polar surface area (TPSA) is 18.5 Å². The van der Waals surface area contributed by atoms with Crippen LogP contribution in [0.3, 0.4) is 0 Å². The van der Waals surface area contributed by atoms with Crippen LogP contribution >= 0.6 is 0 Å². The molecule has 3 nitrogen and oxygen atoms in total. The van der Waals surface area contributed by atoms with E-state index >= 15 is 0 Å². The first-order valence-corrected chi connectivity index (χ1v) is 12.2. The number of likely N-dealkylation sites (N-methyl/N-ethyl adjacent to an activating group) is 1. The van der Waals surface area contributed by atoms with Crippen molar-refractivity contribution in [3.63, 3.8) is 0 Å². The van der Waals surface area contributed by atoms with Crippen LogP contribution in [0, 0.1) is 23.6 Å². The third kappa shape index (κ3) is 3.26. The van der Waals surface area contributed by atoms with Gasteiger partial charge in [-0.1, -0.05) is 50.8 Å². The van der Waals surface area contributed by atoms with Crippen LogP contribution in [0.25, 0.3) is 0 Å². The highest BCUT2D eigenvalue weighted by Crippen LogP contribution is 2.63. The third-order valence-corrected chi connectivity index (χ3v) is 8.80. The highest BCUT2D eigenvalue weighted by atomic mass is 19.1. The second kappa shape index (κ2) is 8.28. The molecule has 1 aromatic carbocycles. The number of nitrogens with one attached hydrogen (secondary N) is 1. The Morgan fingerprint density at radius 2 is 1.76 bits per heavy atom. The van der Waals surface area contributed by atoms with Crippen LogP contribution in [0.4, 0.5) is 4.39 Å². The number of nitrogens with zero attached hydrogens (tertiary/aromatic N) is 2. The van der Waals surface area contributed by atoms with Gasteiger partial charge in [-0.15, -0.1) is 0 Å². The van der Waals surface area contributed by atoms with Crippen LogP contribution in [0.2, 0.25) is 0 Å². The highest BCUT2D eigenvalue weighted by molar-refractivity contribution is 5.29. The second-order valence-electron chi connectivity index (χ2n) is 9.88. The molecule has 1 N–H and O–H groups in total. The zero-order chi connectivity index (χ0) is 19.8. The Morgan fingerprint density at radius 3 is 2.52 bits per heavy atom. The van der Waals surface area contributed by atoms with Crippen LogP contribution in [-0.4, -0.2) is 54.7 Å². The molecule has 5 atom stereocenters. The molecule has 29 heavy (non-hydrogen) atoms. The minimum absolute atomic E-state index is 0.0124. The van der Waals surface area contributed by atoms with Gasteiger partial charge < -0.3 is 4.90 Å². The van der Waals surface area contributed by atoms with Crippen molar-refractivity contribution < 1.29 is 4.39 Å². The molecule has 5 rings (SSSR count). The standard InChI is InChI=1S/C25H38FN3/c1-2-28-15-17-29(18-16-28)25-22-11-6-4-3-5-10-21(22)24(25)20(13-14-27-25)19-9-7-8-12-23(19)26/h7-9,12,20-22,24,27H,2-6,10-11,13-18H2,1H3. The number of benzene rings is 1. The molecule has 4 fully saturated rings. The van der Waals surface area contributed by atoms with Gasteiger partial charge in [0, 0.05) is 32.1 Å². The van der Waals surface area contributed by atoms with Gasteiger partial charge in [-0.25, -0.2) is 4.39 Å². The summed E-state index contributed by atoms with van der Waals surface area (Å²) in [5.74, 6) is 2.44. The Bertz CT molecular complexity index is 701. The fourth-order valence-corrected chi connectivity index (χ4v) is 7.52. The molecular weight excluding hydrogens is 361 g/mol. The molecule has 2 aliphatic carbocycles. The Morgan fingerprint density at radius 1 is 1.00 bits per heavy atom. The summed E-state index contributed by atoms with van der Waals surface area (Å²) in [5.41, 5.74) is 1.09. The fraction of sp³-hybridized carbons (Fsp3) is 0.760. The quantitative estimate of drug-likeness (QED) is 0.810. The molecule has 4 heteroatoms. The van der Waals surface area contributed by atoms with Gasteiger partial charge in [0.1, 0.15) is 5.82 Å². The zero-order valence-electron chi connectivity index (χ0n) is 18.1. The smallest absolute Gasteiger partial charge is 0.126 e. The average Bonchev–Trinajstić information content (AvgIpc) is 2.73. The monoisotopic (exact) mass is 399 g/mol. The van der Waals surface area contributed by atoms with E-state index in [2.05, 4.69) is 28.1 Å². The summed E-state index contributed by atoms with van der Waals surface area (Å²) >= 11 is 0. The van der Waals surface area contributed by atoms with E-state index < -0.39 is 0 Å². The normalized spacial score (nSPS) is 39.0. The van der Waals surface area contributed by atoms with Crippen LogP contribution in [0.1, 0.15) is 63.4 Å². The summed E-state index contributed by atoms with van der Waals surface area (Å²) < 4.78 is 14.9. The average molecular weight is 400 g/mol. The maximum atomic E-state index is 14.9. The van der Waals surface area contributed by atoms with E-state index in [4.69, 9.17) is 0 Å². The van der Waals surface area contributed by atoms with Crippen LogP contribution in [0.15, 0.2) is 24.3 Å². The fourth-order valence-electron chi connectivity index (χ4n) is 7.52. The Kier molecular flexibility index (Phi) is 5.70. The van der Waals surface area contributed by atoms with Gasteiger partial charge in [0.15, 0.2) is 0 Å². The lowest BCUT2D eigenvalue weighted by atomic mass is 9.46. The zero-order valence-corrected chi connectivity index (χ0v) is 18.1. The van der Waals surface area contributed by atoms with Crippen LogP contribution < -0.4 is 5.32 Å². The van der Waals surface area contributed by atoms with Crippen molar-refractivity contribution in [1.29, 1.82) is 0 Å². The first kappa shape index (κ1) is 20.0. The van der Waals surface area contributed by atoms with Crippen molar-refractivity contribution in [3.8, 4) is 0 Å². The van der Waals surface area contributed by atoms with Crippen molar-refractivity contribution in [3.05, 3.63) is 35.6 Å². The van der Waals surface area contributed by atoms with Crippen molar-refractivity contribution in [2.75, 3.05) is 39.3 Å². The van der Waals surface area contributed by atoms with Gasteiger partial charge in [-0.3, -0.25) is 10.2 Å². The Labute approximate surface area is 176 Å². The Hall–Kier alpha value is -0.970. The molecule has 160 valence electrons. The lowest BCUT2D eigenvalue weighted by Gasteiger charge is -2.71. The van der Waals surface area contributed by atoms with E-state index in [9.17, 15) is 4.39 Å². The van der Waals surface area contributed by atoms with Crippen LogP contribution in [-0.2, 0) is 0 Å². The molecular formula is C25H38FN3. The predicted octanol–water partition coefficient (Wildman–Crippen LogP) is 4.45. The summed E-state index contributed by atoms with van der Waals surface area (Å²) in [6.45, 7) is 9.12. The predicted molar refractivity (Wildman–Crippen MR) is 116 cm³/mol. The summed E-state index contributed by atoms with van der Waals surface area (Å²) in [4.78, 5) is 5.38. The minimum atomic E-state index is 0.0124. The van der Waals surface area contributed by atoms with E-state index in [1.54, 1.807) is 6.07 Å². The van der Waals surface area contributed by atoms with Gasteiger partial charge in [-0.05, 0) is 61.7 Å². The van der Waals surface area contributed by atoms with Gasteiger partial charge in [0.05, 0.1) is 5.66 Å². The molecule has 0 radical (unpaired) electrons. The molecule has 2 saturated heterocycles. The molecule has 0 bridgehead atoms. The van der Waals surface area contributed by atoms with Gasteiger partial charge in [0.25, 0.3) is 0 Å². The summed E-state index contributed by atoms with van der Waals surface area (Å²) in [6, 6.07) is 7.63. The minimum Gasteiger partial charge on any atom is -0.301 e. The number of fused-ring (bicyclic) bond motifs is 4. The molecule has 0 spiro atoms. The molecule has 4 aliphatic rings. The van der Waals surface area contributed by atoms with Crippen molar-refractivity contribution in [2.24, 2.45) is 17.8 Å². The van der Waals surface area contributed by atoms with E-state index in [-0.39, 0.29) is 11.5 Å². The van der Waals surface area contributed by atoms with E-state index in [0.29, 0.717) is 11.8 Å². The van der Waals surface area contributed by atoms with Crippen molar-refractivity contribution in [2.45, 2.75) is 63.5 Å². The SMILES string of the molecule is CCN1CCN(C23NCCC(c4ccccc4F)C2C2CCCCCCC23)CC1. The van der Waals surface area contributed by atoms with Gasteiger partial charge >= 0.3 is 0 Å². The van der Waals surface area contributed by atoms with Crippen molar-refractivity contribution >= 4 is 0 Å². The number of hydrogen-bond donors (Lipinski definition) is 1. The molecule has 2 saturated carbocycles. The number of piperazine rings is 1. The lowest BCUT2D eigenvalue weighted by molar-refractivity contribution is -0.213.